The van der Waals surface area contributed by atoms with Crippen molar-refractivity contribution in [3.63, 3.8) is 0 Å². The maximum atomic E-state index is 13.7. The minimum absolute atomic E-state index is 0.413. The molecule has 170 valence electrons. The molecule has 0 aliphatic carbocycles. The number of aromatic nitrogens is 2. The molecular formula is C25H31N3O3S. The van der Waals surface area contributed by atoms with E-state index in [2.05, 4.69) is 47.0 Å². The second kappa shape index (κ2) is 9.83. The molecule has 3 aromatic rings. The van der Waals surface area contributed by atoms with E-state index in [0.717, 1.165) is 80.3 Å². The van der Waals surface area contributed by atoms with Crippen LogP contribution in [0, 0.1) is 11.8 Å². The maximum absolute atomic E-state index is 13.7. The molecule has 1 aromatic heterocycles. The lowest BCUT2D eigenvalue weighted by Gasteiger charge is -2.33. The molecule has 5 rings (SSSR count). The summed E-state index contributed by atoms with van der Waals surface area (Å²) in [5.41, 5.74) is 3.37. The lowest BCUT2D eigenvalue weighted by Crippen LogP contribution is -2.42. The van der Waals surface area contributed by atoms with Gasteiger partial charge in [-0.1, -0.05) is 19.1 Å². The molecule has 2 saturated heterocycles. The number of anilines is 1. The molecule has 6 nitrogen and oxygen atoms in total. The first-order valence-corrected chi connectivity index (χ1v) is 12.7. The van der Waals surface area contributed by atoms with Gasteiger partial charge in [0, 0.05) is 37.1 Å². The van der Waals surface area contributed by atoms with Crippen molar-refractivity contribution in [2.45, 2.75) is 37.6 Å². The molecule has 1 atom stereocenters. The minimum Gasteiger partial charge on any atom is -0.588 e. The zero-order valence-electron chi connectivity index (χ0n) is 18.6. The second-order valence-electron chi connectivity index (χ2n) is 8.84. The van der Waals surface area contributed by atoms with Crippen molar-refractivity contribution in [2.24, 2.45) is 11.8 Å². The number of ether oxygens (including phenoxy) is 2. The number of rotatable bonds is 8. The van der Waals surface area contributed by atoms with E-state index in [-0.39, 0.29) is 0 Å². The first kappa shape index (κ1) is 21.8. The smallest absolute Gasteiger partial charge is 0.180 e. The minimum atomic E-state index is -1.30. The van der Waals surface area contributed by atoms with Gasteiger partial charge in [0.25, 0.3) is 0 Å². The molecule has 0 amide bonds. The van der Waals surface area contributed by atoms with E-state index in [1.165, 1.54) is 5.56 Å². The van der Waals surface area contributed by atoms with Gasteiger partial charge in [0.05, 0.1) is 37.2 Å². The first-order chi connectivity index (χ1) is 15.7. The van der Waals surface area contributed by atoms with Crippen LogP contribution in [0.2, 0.25) is 0 Å². The summed E-state index contributed by atoms with van der Waals surface area (Å²) in [6.07, 6.45) is 5.06. The van der Waals surface area contributed by atoms with E-state index < -0.39 is 11.4 Å². The molecule has 0 spiro atoms. The van der Waals surface area contributed by atoms with Crippen molar-refractivity contribution in [3.8, 4) is 0 Å². The van der Waals surface area contributed by atoms with Crippen molar-refractivity contribution < 1.29 is 14.0 Å². The molecule has 0 bridgehead atoms. The lowest BCUT2D eigenvalue weighted by atomic mass is 10.0. The van der Waals surface area contributed by atoms with Crippen molar-refractivity contribution in [2.75, 3.05) is 37.3 Å². The Morgan fingerprint density at radius 3 is 2.53 bits per heavy atom. The van der Waals surface area contributed by atoms with Crippen molar-refractivity contribution in [1.29, 1.82) is 0 Å². The number of fused-ring (bicyclic) bond motifs is 1. The summed E-state index contributed by atoms with van der Waals surface area (Å²) in [4.78, 5) is 0.808. The zero-order valence-corrected chi connectivity index (χ0v) is 19.4. The van der Waals surface area contributed by atoms with E-state index in [1.807, 2.05) is 22.6 Å². The van der Waals surface area contributed by atoms with E-state index in [9.17, 15) is 4.55 Å². The lowest BCUT2D eigenvalue weighted by molar-refractivity contribution is -0.0262. The summed E-state index contributed by atoms with van der Waals surface area (Å²) >= 11 is -1.30. The van der Waals surface area contributed by atoms with Crippen LogP contribution in [-0.2, 0) is 33.8 Å². The van der Waals surface area contributed by atoms with Gasteiger partial charge < -0.3 is 14.0 Å². The SMILES string of the molecule is CCc1ccc(N(CC2COC2)[S+]([O-])c2ccc3c(cnn3CC3CCOCC3)c2)cc1. The van der Waals surface area contributed by atoms with Crippen LogP contribution in [0.15, 0.2) is 53.6 Å². The summed E-state index contributed by atoms with van der Waals surface area (Å²) in [6, 6.07) is 14.5. The molecular weight excluding hydrogens is 422 g/mol. The highest BCUT2D eigenvalue weighted by Gasteiger charge is 2.30. The Labute approximate surface area is 192 Å². The Morgan fingerprint density at radius 1 is 1.06 bits per heavy atom. The molecule has 0 saturated carbocycles. The number of aryl methyl sites for hydroxylation is 1. The van der Waals surface area contributed by atoms with Crippen molar-refractivity contribution in [3.05, 3.63) is 54.2 Å². The summed E-state index contributed by atoms with van der Waals surface area (Å²) in [6.45, 7) is 6.93. The van der Waals surface area contributed by atoms with Crippen LogP contribution in [0.3, 0.4) is 0 Å². The van der Waals surface area contributed by atoms with Gasteiger partial charge in [0.15, 0.2) is 4.90 Å². The monoisotopic (exact) mass is 453 g/mol. The standard InChI is InChI=1S/C25H31N3O3S/c1-2-19-3-5-23(6-4-19)28(16-21-17-31-18-21)32(29)24-7-8-25-22(13-24)14-26-27(25)15-20-9-11-30-12-10-20/h3-8,13-14,20-21H,2,9-12,15-18H2,1H3. The van der Waals surface area contributed by atoms with E-state index in [0.29, 0.717) is 11.8 Å². The third-order valence-corrected chi connectivity index (χ3v) is 7.97. The molecule has 2 aliphatic heterocycles. The largest absolute Gasteiger partial charge is 0.588 e. The van der Waals surface area contributed by atoms with E-state index in [1.54, 1.807) is 0 Å². The van der Waals surface area contributed by atoms with E-state index in [4.69, 9.17) is 9.47 Å². The third kappa shape index (κ3) is 4.66. The predicted molar refractivity (Wildman–Crippen MR) is 127 cm³/mol. The molecule has 32 heavy (non-hydrogen) atoms. The average molecular weight is 454 g/mol. The first-order valence-electron chi connectivity index (χ1n) is 11.6. The molecule has 2 aliphatic rings. The van der Waals surface area contributed by atoms with Crippen molar-refractivity contribution >= 4 is 28.0 Å². The highest BCUT2D eigenvalue weighted by molar-refractivity contribution is 7.92. The Hall–Kier alpha value is -2.06. The van der Waals surface area contributed by atoms with Crippen LogP contribution < -0.4 is 4.31 Å². The number of benzene rings is 2. The molecule has 0 N–H and O–H groups in total. The van der Waals surface area contributed by atoms with Gasteiger partial charge in [-0.2, -0.15) is 9.40 Å². The van der Waals surface area contributed by atoms with Crippen LogP contribution in [0.1, 0.15) is 25.3 Å². The van der Waals surface area contributed by atoms with Crippen LogP contribution >= 0.6 is 0 Å². The molecule has 2 fully saturated rings. The molecule has 1 unspecified atom stereocenters. The highest BCUT2D eigenvalue weighted by atomic mass is 32.2. The Morgan fingerprint density at radius 2 is 1.84 bits per heavy atom. The average Bonchev–Trinajstić information content (AvgIpc) is 3.21. The van der Waals surface area contributed by atoms with Gasteiger partial charge in [-0.25, -0.2) is 0 Å². The fourth-order valence-electron chi connectivity index (χ4n) is 4.41. The summed E-state index contributed by atoms with van der Waals surface area (Å²) < 4.78 is 28.7. The molecule has 2 aromatic carbocycles. The maximum Gasteiger partial charge on any atom is 0.180 e. The van der Waals surface area contributed by atoms with Gasteiger partial charge in [-0.15, -0.1) is 0 Å². The normalized spacial score (nSPS) is 18.6. The van der Waals surface area contributed by atoms with Gasteiger partial charge >= 0.3 is 0 Å². The topological polar surface area (TPSA) is 62.6 Å². The third-order valence-electron chi connectivity index (χ3n) is 6.55. The Bertz CT molecular complexity index is 1030. The quantitative estimate of drug-likeness (QED) is 0.479. The van der Waals surface area contributed by atoms with Gasteiger partial charge in [0.1, 0.15) is 11.4 Å². The fraction of sp³-hybridized carbons (Fsp3) is 0.480. The summed E-state index contributed by atoms with van der Waals surface area (Å²) in [7, 11) is 0. The summed E-state index contributed by atoms with van der Waals surface area (Å²) in [5.74, 6) is 1.02. The predicted octanol–water partition coefficient (Wildman–Crippen LogP) is 4.20. The van der Waals surface area contributed by atoms with Crippen LogP contribution in [0.25, 0.3) is 10.9 Å². The van der Waals surface area contributed by atoms with Gasteiger partial charge in [-0.3, -0.25) is 4.68 Å². The zero-order chi connectivity index (χ0) is 21.9. The van der Waals surface area contributed by atoms with Crippen LogP contribution in [0.4, 0.5) is 5.69 Å². The Balaban J connectivity index is 1.38. The van der Waals surface area contributed by atoms with E-state index >= 15 is 0 Å². The summed E-state index contributed by atoms with van der Waals surface area (Å²) in [5, 5.41) is 5.67. The fourth-order valence-corrected chi connectivity index (χ4v) is 5.74. The van der Waals surface area contributed by atoms with Gasteiger partial charge in [-0.05, 0) is 55.0 Å². The molecule has 0 radical (unpaired) electrons. The molecule has 3 heterocycles. The number of hydrogen-bond acceptors (Lipinski definition) is 5. The second-order valence-corrected chi connectivity index (χ2v) is 10.2. The van der Waals surface area contributed by atoms with Gasteiger partial charge in [0.2, 0.25) is 0 Å². The van der Waals surface area contributed by atoms with Crippen LogP contribution in [-0.4, -0.2) is 47.3 Å². The van der Waals surface area contributed by atoms with Crippen LogP contribution in [0.5, 0.6) is 0 Å². The number of hydrogen-bond donors (Lipinski definition) is 0. The Kier molecular flexibility index (Phi) is 6.69. The van der Waals surface area contributed by atoms with Crippen molar-refractivity contribution in [1.82, 2.24) is 9.78 Å². The number of nitrogens with zero attached hydrogens (tertiary/aromatic N) is 3. The molecule has 7 heteroatoms. The highest BCUT2D eigenvalue weighted by Crippen LogP contribution is 2.29.